The van der Waals surface area contributed by atoms with Gasteiger partial charge in [-0.15, -0.1) is 0 Å². The van der Waals surface area contributed by atoms with Crippen molar-refractivity contribution in [3.05, 3.63) is 0 Å². The quantitative estimate of drug-likeness (QED) is 0.501. The molecule has 1 heteroatoms. The van der Waals surface area contributed by atoms with Gasteiger partial charge in [0.25, 0.3) is 0 Å². The Bertz CT molecular complexity index is 75.2. The van der Waals surface area contributed by atoms with E-state index in [1.54, 1.807) is 0 Å². The van der Waals surface area contributed by atoms with E-state index in [1.807, 2.05) is 0 Å². The SMILES string of the molecule is C1CC2CCC(C1)SC2. The van der Waals surface area contributed by atoms with Gasteiger partial charge >= 0.3 is 0 Å². The summed E-state index contributed by atoms with van der Waals surface area (Å²) in [6, 6.07) is 0. The van der Waals surface area contributed by atoms with E-state index < -0.39 is 0 Å². The number of hydrogen-bond donors (Lipinski definition) is 0. The molecule has 3 rings (SSSR count). The molecule has 2 atom stereocenters. The second-order valence-electron chi connectivity index (χ2n) is 3.33. The van der Waals surface area contributed by atoms with Gasteiger partial charge in [0, 0.05) is 5.25 Å². The van der Waals surface area contributed by atoms with Crippen LogP contribution in [0.3, 0.4) is 0 Å². The lowest BCUT2D eigenvalue weighted by Gasteiger charge is -2.21. The standard InChI is InChI=1S/C8H14S/c1-2-7-4-5-8(3-1)9-6-7/h7-8H,1-6H2. The Balaban J connectivity index is 2.03. The van der Waals surface area contributed by atoms with E-state index in [2.05, 4.69) is 11.8 Å². The molecule has 2 aliphatic heterocycles. The molecule has 0 radical (unpaired) electrons. The van der Waals surface area contributed by atoms with Crippen LogP contribution in [0.2, 0.25) is 0 Å². The summed E-state index contributed by atoms with van der Waals surface area (Å²) < 4.78 is 0. The summed E-state index contributed by atoms with van der Waals surface area (Å²) >= 11 is 2.23. The lowest BCUT2D eigenvalue weighted by Crippen LogP contribution is -2.12. The van der Waals surface area contributed by atoms with Crippen molar-refractivity contribution in [3.63, 3.8) is 0 Å². The summed E-state index contributed by atoms with van der Waals surface area (Å²) in [6.07, 6.45) is 7.62. The molecule has 2 unspecified atom stereocenters. The fraction of sp³-hybridized carbons (Fsp3) is 1.00. The van der Waals surface area contributed by atoms with E-state index in [0.717, 1.165) is 11.2 Å². The molecule has 0 aromatic rings. The fourth-order valence-electron chi connectivity index (χ4n) is 1.95. The summed E-state index contributed by atoms with van der Waals surface area (Å²) in [5.74, 6) is 2.58. The zero-order valence-electron chi connectivity index (χ0n) is 5.81. The highest BCUT2D eigenvalue weighted by atomic mass is 32.2. The van der Waals surface area contributed by atoms with Crippen LogP contribution < -0.4 is 0 Å². The van der Waals surface area contributed by atoms with Crippen LogP contribution in [0, 0.1) is 5.92 Å². The van der Waals surface area contributed by atoms with Crippen molar-refractivity contribution in [1.82, 2.24) is 0 Å². The molecular weight excluding hydrogens is 128 g/mol. The van der Waals surface area contributed by atoms with Crippen molar-refractivity contribution in [1.29, 1.82) is 0 Å². The average Bonchev–Trinajstić information content (AvgIpc) is 2.21. The van der Waals surface area contributed by atoms with Crippen LogP contribution >= 0.6 is 11.8 Å². The van der Waals surface area contributed by atoms with Gasteiger partial charge in [-0.25, -0.2) is 0 Å². The molecule has 2 saturated heterocycles. The maximum absolute atomic E-state index is 2.23. The Labute approximate surface area is 61.4 Å². The number of rotatable bonds is 0. The van der Waals surface area contributed by atoms with Crippen LogP contribution in [0.25, 0.3) is 0 Å². The van der Waals surface area contributed by atoms with E-state index in [4.69, 9.17) is 0 Å². The molecule has 0 amide bonds. The molecular formula is C8H14S. The van der Waals surface area contributed by atoms with E-state index in [9.17, 15) is 0 Å². The van der Waals surface area contributed by atoms with Gasteiger partial charge in [0.05, 0.1) is 0 Å². The summed E-state index contributed by atoms with van der Waals surface area (Å²) in [6.45, 7) is 0. The third-order valence-corrected chi connectivity index (χ3v) is 4.21. The van der Waals surface area contributed by atoms with Crippen LogP contribution in [0.5, 0.6) is 0 Å². The van der Waals surface area contributed by atoms with Gasteiger partial charge in [0.1, 0.15) is 0 Å². The van der Waals surface area contributed by atoms with Crippen LogP contribution in [0.4, 0.5) is 0 Å². The van der Waals surface area contributed by atoms with Crippen molar-refractivity contribution in [2.45, 2.75) is 37.4 Å². The lowest BCUT2D eigenvalue weighted by molar-refractivity contribution is 0.506. The first-order valence-corrected chi connectivity index (χ1v) is 5.11. The summed E-state index contributed by atoms with van der Waals surface area (Å²) in [5, 5.41) is 1.06. The number of thioether (sulfide) groups is 1. The van der Waals surface area contributed by atoms with Gasteiger partial charge < -0.3 is 0 Å². The minimum absolute atomic E-state index is 1.06. The Morgan fingerprint density at radius 2 is 2.00 bits per heavy atom. The molecule has 1 saturated carbocycles. The largest absolute Gasteiger partial charge is 0.158 e. The van der Waals surface area contributed by atoms with E-state index in [1.165, 1.54) is 37.9 Å². The summed E-state index contributed by atoms with van der Waals surface area (Å²) in [4.78, 5) is 0. The molecule has 0 N–H and O–H groups in total. The molecule has 0 aromatic heterocycles. The molecule has 0 nitrogen and oxygen atoms in total. The third-order valence-electron chi connectivity index (χ3n) is 2.60. The zero-order valence-corrected chi connectivity index (χ0v) is 6.62. The van der Waals surface area contributed by atoms with E-state index in [-0.39, 0.29) is 0 Å². The summed E-state index contributed by atoms with van der Waals surface area (Å²) in [7, 11) is 0. The van der Waals surface area contributed by atoms with Crippen molar-refractivity contribution < 1.29 is 0 Å². The molecule has 3 aliphatic rings. The number of hydrogen-bond acceptors (Lipinski definition) is 1. The highest BCUT2D eigenvalue weighted by molar-refractivity contribution is 7.99. The monoisotopic (exact) mass is 142 g/mol. The predicted molar refractivity (Wildman–Crippen MR) is 42.8 cm³/mol. The van der Waals surface area contributed by atoms with Gasteiger partial charge in [-0.2, -0.15) is 11.8 Å². The van der Waals surface area contributed by atoms with Gasteiger partial charge in [-0.05, 0) is 37.4 Å². The van der Waals surface area contributed by atoms with Gasteiger partial charge in [-0.1, -0.05) is 6.42 Å². The minimum Gasteiger partial charge on any atom is -0.158 e. The van der Waals surface area contributed by atoms with Crippen molar-refractivity contribution in [2.75, 3.05) is 5.75 Å². The highest BCUT2D eigenvalue weighted by Crippen LogP contribution is 2.38. The third kappa shape index (κ3) is 1.26. The molecule has 2 heterocycles. The average molecular weight is 142 g/mol. The van der Waals surface area contributed by atoms with Gasteiger partial charge in [0.15, 0.2) is 0 Å². The summed E-state index contributed by atoms with van der Waals surface area (Å²) in [5.41, 5.74) is 0. The first-order chi connectivity index (χ1) is 4.45. The van der Waals surface area contributed by atoms with Crippen LogP contribution in [0.15, 0.2) is 0 Å². The molecule has 2 bridgehead atoms. The molecule has 9 heavy (non-hydrogen) atoms. The first-order valence-electron chi connectivity index (χ1n) is 4.07. The predicted octanol–water partition coefficient (Wildman–Crippen LogP) is 2.68. The lowest BCUT2D eigenvalue weighted by atomic mass is 10.0. The van der Waals surface area contributed by atoms with Gasteiger partial charge in [-0.3, -0.25) is 0 Å². The Kier molecular flexibility index (Phi) is 1.71. The number of fused-ring (bicyclic) bond motifs is 4. The fourth-order valence-corrected chi connectivity index (χ4v) is 3.46. The van der Waals surface area contributed by atoms with Crippen molar-refractivity contribution >= 4 is 11.8 Å². The Hall–Kier alpha value is 0.350. The Morgan fingerprint density at radius 1 is 1.00 bits per heavy atom. The first kappa shape index (κ1) is 6.09. The molecule has 1 aliphatic carbocycles. The van der Waals surface area contributed by atoms with Crippen LogP contribution in [0.1, 0.15) is 32.1 Å². The van der Waals surface area contributed by atoms with E-state index in [0.29, 0.717) is 0 Å². The van der Waals surface area contributed by atoms with Crippen molar-refractivity contribution in [2.24, 2.45) is 5.92 Å². The normalized spacial score (nSPS) is 42.7. The smallest absolute Gasteiger partial charge is 0.00472 e. The van der Waals surface area contributed by atoms with E-state index >= 15 is 0 Å². The van der Waals surface area contributed by atoms with Crippen LogP contribution in [-0.4, -0.2) is 11.0 Å². The zero-order chi connectivity index (χ0) is 6.10. The molecule has 3 fully saturated rings. The highest BCUT2D eigenvalue weighted by Gasteiger charge is 2.24. The maximum atomic E-state index is 2.23. The topological polar surface area (TPSA) is 0 Å². The van der Waals surface area contributed by atoms with Crippen molar-refractivity contribution in [3.8, 4) is 0 Å². The maximum Gasteiger partial charge on any atom is 0.00472 e. The second kappa shape index (κ2) is 2.53. The molecule has 0 spiro atoms. The second-order valence-corrected chi connectivity index (χ2v) is 4.66. The molecule has 52 valence electrons. The van der Waals surface area contributed by atoms with Gasteiger partial charge in [0.2, 0.25) is 0 Å². The van der Waals surface area contributed by atoms with Crippen LogP contribution in [-0.2, 0) is 0 Å². The minimum atomic E-state index is 1.06. The Morgan fingerprint density at radius 3 is 2.78 bits per heavy atom. The molecule has 0 aromatic carbocycles.